The molecule has 1 saturated heterocycles. The third-order valence-corrected chi connectivity index (χ3v) is 3.75. The molecule has 1 aliphatic rings. The lowest BCUT2D eigenvalue weighted by Gasteiger charge is -2.36. The van der Waals surface area contributed by atoms with E-state index in [9.17, 15) is 5.11 Å². The first kappa shape index (κ1) is 14.2. The Labute approximate surface area is 115 Å². The second-order valence-corrected chi connectivity index (χ2v) is 5.05. The van der Waals surface area contributed by atoms with Gasteiger partial charge in [-0.25, -0.2) is 0 Å². The van der Waals surface area contributed by atoms with Crippen LogP contribution in [0.15, 0.2) is 24.3 Å². The number of rotatable bonds is 5. The van der Waals surface area contributed by atoms with Gasteiger partial charge in [0.1, 0.15) is 5.75 Å². The number of β-amino-alcohol motifs (C(OH)–C–C–N with tert-alkyl or cyclic N) is 1. The minimum absolute atomic E-state index is 0.187. The Hall–Kier alpha value is -1.26. The topological polar surface area (TPSA) is 35.9 Å². The Morgan fingerprint density at radius 3 is 2.32 bits per heavy atom. The molecule has 1 N–H and O–H groups in total. The number of piperazine rings is 1. The molecule has 1 heterocycles. The van der Waals surface area contributed by atoms with Crippen LogP contribution in [0.1, 0.15) is 13.3 Å². The summed E-state index contributed by atoms with van der Waals surface area (Å²) in [5.74, 6) is 0.897. The number of hydrogen-bond donors (Lipinski definition) is 1. The molecule has 0 aliphatic carbocycles. The molecular formula is C15H24N2O2. The molecule has 19 heavy (non-hydrogen) atoms. The van der Waals surface area contributed by atoms with Gasteiger partial charge in [-0.05, 0) is 30.7 Å². The van der Waals surface area contributed by atoms with Crippen LogP contribution in [0.2, 0.25) is 0 Å². The molecular weight excluding hydrogens is 240 g/mol. The molecule has 0 radical (unpaired) electrons. The summed E-state index contributed by atoms with van der Waals surface area (Å²) in [7, 11) is 1.69. The number of hydrogen-bond acceptors (Lipinski definition) is 4. The molecule has 1 atom stereocenters. The smallest absolute Gasteiger partial charge is 0.119 e. The quantitative estimate of drug-likeness (QED) is 0.876. The van der Waals surface area contributed by atoms with Crippen LogP contribution in [0, 0.1) is 0 Å². The summed E-state index contributed by atoms with van der Waals surface area (Å²) >= 11 is 0. The molecule has 1 aliphatic heterocycles. The van der Waals surface area contributed by atoms with Gasteiger partial charge < -0.3 is 14.7 Å². The van der Waals surface area contributed by atoms with Crippen molar-refractivity contribution in [2.75, 3.05) is 44.7 Å². The molecule has 2 rings (SSSR count). The molecule has 1 aromatic rings. The van der Waals surface area contributed by atoms with E-state index < -0.39 is 0 Å². The average Bonchev–Trinajstić information content (AvgIpc) is 2.48. The fraction of sp³-hybridized carbons (Fsp3) is 0.600. The van der Waals surface area contributed by atoms with Crippen LogP contribution < -0.4 is 9.64 Å². The van der Waals surface area contributed by atoms with Crippen LogP contribution in [0.3, 0.4) is 0 Å². The predicted molar refractivity (Wildman–Crippen MR) is 77.9 cm³/mol. The highest BCUT2D eigenvalue weighted by Crippen LogP contribution is 2.20. The van der Waals surface area contributed by atoms with Crippen molar-refractivity contribution in [2.45, 2.75) is 19.4 Å². The van der Waals surface area contributed by atoms with Crippen molar-refractivity contribution in [1.29, 1.82) is 0 Å². The number of aliphatic hydroxyl groups excluding tert-OH is 1. The summed E-state index contributed by atoms with van der Waals surface area (Å²) in [6, 6.07) is 8.22. The highest BCUT2D eigenvalue weighted by atomic mass is 16.5. The Morgan fingerprint density at radius 2 is 1.79 bits per heavy atom. The van der Waals surface area contributed by atoms with Crippen molar-refractivity contribution in [1.82, 2.24) is 4.90 Å². The van der Waals surface area contributed by atoms with Gasteiger partial charge in [-0.3, -0.25) is 4.90 Å². The first-order valence-corrected chi connectivity index (χ1v) is 7.02. The Balaban J connectivity index is 1.85. The summed E-state index contributed by atoms with van der Waals surface area (Å²) in [5.41, 5.74) is 1.25. The maximum Gasteiger partial charge on any atom is 0.119 e. The zero-order valence-corrected chi connectivity index (χ0v) is 11.9. The normalized spacial score (nSPS) is 18.4. The third-order valence-electron chi connectivity index (χ3n) is 3.75. The molecule has 0 saturated carbocycles. The van der Waals surface area contributed by atoms with Crippen LogP contribution in [0.5, 0.6) is 5.75 Å². The Morgan fingerprint density at radius 1 is 1.16 bits per heavy atom. The molecule has 1 aromatic carbocycles. The van der Waals surface area contributed by atoms with E-state index >= 15 is 0 Å². The van der Waals surface area contributed by atoms with Crippen molar-refractivity contribution in [3.05, 3.63) is 24.3 Å². The summed E-state index contributed by atoms with van der Waals surface area (Å²) in [5, 5.41) is 9.68. The van der Waals surface area contributed by atoms with Crippen molar-refractivity contribution in [3.8, 4) is 5.75 Å². The highest BCUT2D eigenvalue weighted by molar-refractivity contribution is 5.49. The summed E-state index contributed by atoms with van der Waals surface area (Å²) in [6.45, 7) is 6.89. The van der Waals surface area contributed by atoms with Gasteiger partial charge in [0.05, 0.1) is 13.2 Å². The minimum atomic E-state index is -0.187. The van der Waals surface area contributed by atoms with E-state index in [0.717, 1.165) is 44.9 Å². The molecule has 4 heteroatoms. The van der Waals surface area contributed by atoms with Crippen LogP contribution >= 0.6 is 0 Å². The van der Waals surface area contributed by atoms with Crippen LogP contribution in [0.25, 0.3) is 0 Å². The van der Waals surface area contributed by atoms with E-state index in [1.54, 1.807) is 7.11 Å². The Kier molecular flexibility index (Phi) is 5.05. The number of nitrogens with zero attached hydrogens (tertiary/aromatic N) is 2. The molecule has 1 fully saturated rings. The van der Waals surface area contributed by atoms with Crippen molar-refractivity contribution < 1.29 is 9.84 Å². The Bertz CT molecular complexity index is 372. The second-order valence-electron chi connectivity index (χ2n) is 5.05. The van der Waals surface area contributed by atoms with E-state index in [4.69, 9.17) is 4.74 Å². The van der Waals surface area contributed by atoms with Gasteiger partial charge in [0.2, 0.25) is 0 Å². The average molecular weight is 264 g/mol. The fourth-order valence-electron chi connectivity index (χ4n) is 2.41. The van der Waals surface area contributed by atoms with Crippen molar-refractivity contribution >= 4 is 5.69 Å². The largest absolute Gasteiger partial charge is 0.497 e. The van der Waals surface area contributed by atoms with Gasteiger partial charge in [-0.2, -0.15) is 0 Å². The maximum atomic E-state index is 9.68. The van der Waals surface area contributed by atoms with Gasteiger partial charge in [-0.15, -0.1) is 0 Å². The number of aliphatic hydroxyl groups is 1. The van der Waals surface area contributed by atoms with E-state index in [2.05, 4.69) is 21.9 Å². The zero-order chi connectivity index (χ0) is 13.7. The first-order valence-electron chi connectivity index (χ1n) is 7.02. The second kappa shape index (κ2) is 6.78. The van der Waals surface area contributed by atoms with Gasteiger partial charge in [0.15, 0.2) is 0 Å². The summed E-state index contributed by atoms with van der Waals surface area (Å²) < 4.78 is 5.18. The summed E-state index contributed by atoms with van der Waals surface area (Å²) in [4.78, 5) is 4.72. The molecule has 106 valence electrons. The third kappa shape index (κ3) is 3.85. The van der Waals surface area contributed by atoms with E-state index in [-0.39, 0.29) is 6.10 Å². The van der Waals surface area contributed by atoms with Gasteiger partial charge in [0, 0.05) is 38.4 Å². The lowest BCUT2D eigenvalue weighted by molar-refractivity contribution is 0.106. The van der Waals surface area contributed by atoms with E-state index in [1.165, 1.54) is 5.69 Å². The maximum absolute atomic E-state index is 9.68. The highest BCUT2D eigenvalue weighted by Gasteiger charge is 2.18. The molecule has 4 nitrogen and oxygen atoms in total. The zero-order valence-electron chi connectivity index (χ0n) is 11.9. The van der Waals surface area contributed by atoms with Gasteiger partial charge >= 0.3 is 0 Å². The molecule has 0 aromatic heterocycles. The molecule has 1 unspecified atom stereocenters. The monoisotopic (exact) mass is 264 g/mol. The summed E-state index contributed by atoms with van der Waals surface area (Å²) in [6.07, 6.45) is 0.645. The molecule has 0 amide bonds. The van der Waals surface area contributed by atoms with Crippen LogP contribution in [-0.2, 0) is 0 Å². The minimum Gasteiger partial charge on any atom is -0.497 e. The number of benzene rings is 1. The number of methoxy groups -OCH3 is 1. The number of ether oxygens (including phenoxy) is 1. The molecule has 0 spiro atoms. The molecule has 0 bridgehead atoms. The number of anilines is 1. The van der Waals surface area contributed by atoms with E-state index in [1.807, 2.05) is 19.1 Å². The van der Waals surface area contributed by atoms with Crippen molar-refractivity contribution in [3.63, 3.8) is 0 Å². The van der Waals surface area contributed by atoms with Crippen LogP contribution in [-0.4, -0.2) is 55.9 Å². The first-order chi connectivity index (χ1) is 9.22. The van der Waals surface area contributed by atoms with Crippen LogP contribution in [0.4, 0.5) is 5.69 Å². The van der Waals surface area contributed by atoms with Gasteiger partial charge in [0.25, 0.3) is 0 Å². The van der Waals surface area contributed by atoms with Gasteiger partial charge in [-0.1, -0.05) is 6.92 Å². The van der Waals surface area contributed by atoms with Crippen molar-refractivity contribution in [2.24, 2.45) is 0 Å². The fourth-order valence-corrected chi connectivity index (χ4v) is 2.41. The van der Waals surface area contributed by atoms with E-state index in [0.29, 0.717) is 0 Å². The SMILES string of the molecule is CCC(O)CN1CCN(c2ccc(OC)cc2)CC1. The standard InChI is InChI=1S/C15H24N2O2/c1-3-14(18)12-16-8-10-17(11-9-16)13-4-6-15(19-2)7-5-13/h4-7,14,18H,3,8-12H2,1-2H3. The predicted octanol–water partition coefficient (Wildman–Crippen LogP) is 1.59. The lowest BCUT2D eigenvalue weighted by Crippen LogP contribution is -2.48. The lowest BCUT2D eigenvalue weighted by atomic mass is 10.2.